The highest BCUT2D eigenvalue weighted by atomic mass is 16.3. The number of phenols is 1. The summed E-state index contributed by atoms with van der Waals surface area (Å²) in [6.07, 6.45) is 3.14. The van der Waals surface area contributed by atoms with Crippen LogP contribution in [0.3, 0.4) is 0 Å². The second-order valence-electron chi connectivity index (χ2n) is 3.35. The number of hydrogen-bond donors (Lipinski definition) is 1. The summed E-state index contributed by atoms with van der Waals surface area (Å²) in [4.78, 5) is 0. The Kier molecular flexibility index (Phi) is 1.47. The van der Waals surface area contributed by atoms with E-state index in [1.165, 1.54) is 16.7 Å². The van der Waals surface area contributed by atoms with Crippen LogP contribution in [0.15, 0.2) is 18.2 Å². The molecule has 0 fully saturated rings. The van der Waals surface area contributed by atoms with Crippen LogP contribution >= 0.6 is 0 Å². The first-order valence-electron chi connectivity index (χ1n) is 4.18. The molecule has 1 nitrogen and oxygen atoms in total. The van der Waals surface area contributed by atoms with Crippen LogP contribution in [0.2, 0.25) is 0 Å². The second-order valence-corrected chi connectivity index (χ2v) is 3.35. The molecule has 1 aliphatic carbocycles. The zero-order valence-corrected chi connectivity index (χ0v) is 7.39. The van der Waals surface area contributed by atoms with Gasteiger partial charge >= 0.3 is 0 Å². The van der Waals surface area contributed by atoms with Crippen LogP contribution in [-0.4, -0.2) is 5.11 Å². The van der Waals surface area contributed by atoms with E-state index < -0.39 is 0 Å². The van der Waals surface area contributed by atoms with E-state index in [2.05, 4.69) is 13.0 Å². The Morgan fingerprint density at radius 1 is 1.25 bits per heavy atom. The highest BCUT2D eigenvalue weighted by Gasteiger charge is 2.15. The van der Waals surface area contributed by atoms with E-state index in [4.69, 9.17) is 0 Å². The highest BCUT2D eigenvalue weighted by molar-refractivity contribution is 5.76. The molecule has 0 spiro atoms. The minimum absolute atomic E-state index is 0.418. The van der Waals surface area contributed by atoms with E-state index in [-0.39, 0.29) is 0 Å². The minimum Gasteiger partial charge on any atom is -0.507 e. The molecule has 0 atom stereocenters. The van der Waals surface area contributed by atoms with Crippen molar-refractivity contribution in [3.05, 3.63) is 34.9 Å². The number of allylic oxidation sites excluding steroid dienone is 2. The molecule has 1 aromatic carbocycles. The Hall–Kier alpha value is -1.24. The molecule has 0 amide bonds. The summed E-state index contributed by atoms with van der Waals surface area (Å²) in [6, 6.07) is 3.75. The van der Waals surface area contributed by atoms with Crippen LogP contribution in [-0.2, 0) is 6.42 Å². The van der Waals surface area contributed by atoms with Gasteiger partial charge in [0.15, 0.2) is 0 Å². The lowest BCUT2D eigenvalue weighted by molar-refractivity contribution is 0.473. The monoisotopic (exact) mass is 160 g/mol. The van der Waals surface area contributed by atoms with E-state index in [9.17, 15) is 5.11 Å². The zero-order valence-electron chi connectivity index (χ0n) is 7.39. The molecule has 0 aliphatic heterocycles. The fourth-order valence-corrected chi connectivity index (χ4v) is 1.80. The molecule has 0 unspecified atom stereocenters. The lowest BCUT2D eigenvalue weighted by Crippen LogP contribution is -1.88. The topological polar surface area (TPSA) is 20.2 Å². The van der Waals surface area contributed by atoms with Crippen LogP contribution in [0.5, 0.6) is 5.75 Å². The Labute approximate surface area is 72.4 Å². The van der Waals surface area contributed by atoms with E-state index in [1.54, 1.807) is 6.07 Å². The van der Waals surface area contributed by atoms with Crippen molar-refractivity contribution in [2.75, 3.05) is 0 Å². The maximum Gasteiger partial charge on any atom is 0.123 e. The Morgan fingerprint density at radius 2 is 2.00 bits per heavy atom. The van der Waals surface area contributed by atoms with Gasteiger partial charge in [-0.1, -0.05) is 12.1 Å². The molecule has 62 valence electrons. The van der Waals surface area contributed by atoms with Crippen LogP contribution in [0.4, 0.5) is 0 Å². The molecule has 2 rings (SSSR count). The van der Waals surface area contributed by atoms with Gasteiger partial charge in [0, 0.05) is 5.56 Å². The third-order valence-electron chi connectivity index (χ3n) is 2.53. The van der Waals surface area contributed by atoms with Gasteiger partial charge in [-0.15, -0.1) is 0 Å². The average Bonchev–Trinajstić information content (AvgIpc) is 2.42. The third-order valence-corrected chi connectivity index (χ3v) is 2.53. The summed E-state index contributed by atoms with van der Waals surface area (Å²) in [5.74, 6) is 0.418. The summed E-state index contributed by atoms with van der Waals surface area (Å²) in [5.41, 5.74) is 4.81. The van der Waals surface area contributed by atoms with Crippen LogP contribution < -0.4 is 0 Å². The van der Waals surface area contributed by atoms with Crippen molar-refractivity contribution in [1.82, 2.24) is 0 Å². The van der Waals surface area contributed by atoms with Crippen molar-refractivity contribution >= 4 is 5.57 Å². The summed E-state index contributed by atoms with van der Waals surface area (Å²) in [6.45, 7) is 4.13. The number of phenolic OH excluding ortho intramolecular Hbond substituents is 1. The Morgan fingerprint density at radius 3 is 2.67 bits per heavy atom. The van der Waals surface area contributed by atoms with E-state index in [0.717, 1.165) is 12.0 Å². The normalized spacial score (nSPS) is 14.3. The molecule has 0 saturated carbocycles. The lowest BCUT2D eigenvalue weighted by Gasteiger charge is -2.07. The van der Waals surface area contributed by atoms with E-state index >= 15 is 0 Å². The van der Waals surface area contributed by atoms with Crippen molar-refractivity contribution in [2.45, 2.75) is 20.3 Å². The van der Waals surface area contributed by atoms with Crippen molar-refractivity contribution in [2.24, 2.45) is 0 Å². The number of aryl methyl sites for hydroxylation is 1. The summed E-state index contributed by atoms with van der Waals surface area (Å²) >= 11 is 0. The van der Waals surface area contributed by atoms with Crippen molar-refractivity contribution in [3.8, 4) is 5.75 Å². The van der Waals surface area contributed by atoms with Crippen molar-refractivity contribution < 1.29 is 5.11 Å². The van der Waals surface area contributed by atoms with E-state index in [0.29, 0.717) is 5.75 Å². The van der Waals surface area contributed by atoms with Crippen LogP contribution in [0, 0.1) is 6.92 Å². The molecule has 12 heavy (non-hydrogen) atoms. The van der Waals surface area contributed by atoms with E-state index in [1.807, 2.05) is 13.0 Å². The maximum atomic E-state index is 9.59. The van der Waals surface area contributed by atoms with Gasteiger partial charge in [-0.3, -0.25) is 0 Å². The number of fused-ring (bicyclic) bond motifs is 1. The molecule has 0 saturated heterocycles. The molecular formula is C11H12O. The Bertz CT molecular complexity index is 362. The average molecular weight is 160 g/mol. The highest BCUT2D eigenvalue weighted by Crippen LogP contribution is 2.35. The van der Waals surface area contributed by atoms with Gasteiger partial charge in [-0.05, 0) is 43.0 Å². The van der Waals surface area contributed by atoms with Gasteiger partial charge in [-0.2, -0.15) is 0 Å². The summed E-state index contributed by atoms with van der Waals surface area (Å²) in [7, 11) is 0. The molecule has 0 radical (unpaired) electrons. The van der Waals surface area contributed by atoms with Gasteiger partial charge < -0.3 is 5.11 Å². The lowest BCUT2D eigenvalue weighted by atomic mass is 10.0. The summed E-state index contributed by atoms with van der Waals surface area (Å²) in [5, 5.41) is 9.59. The number of hydrogen-bond acceptors (Lipinski definition) is 1. The maximum absolute atomic E-state index is 9.59. The molecule has 1 N–H and O–H groups in total. The molecule has 1 aromatic rings. The first-order chi connectivity index (χ1) is 5.70. The zero-order chi connectivity index (χ0) is 8.72. The predicted octanol–water partition coefficient (Wildman–Crippen LogP) is 2.66. The minimum atomic E-state index is 0.418. The van der Waals surface area contributed by atoms with Gasteiger partial charge in [0.05, 0.1) is 0 Å². The number of benzene rings is 1. The first kappa shape index (κ1) is 7.41. The SMILES string of the molecule is CC1=CCc2c(C)ccc(O)c21. The fraction of sp³-hybridized carbons (Fsp3) is 0.273. The second kappa shape index (κ2) is 2.37. The molecule has 0 heterocycles. The Balaban J connectivity index is 2.71. The van der Waals surface area contributed by atoms with Gasteiger partial charge in [0.2, 0.25) is 0 Å². The first-order valence-corrected chi connectivity index (χ1v) is 4.18. The number of aromatic hydroxyl groups is 1. The molecule has 0 bridgehead atoms. The third kappa shape index (κ3) is 0.860. The quantitative estimate of drug-likeness (QED) is 0.618. The molecule has 1 heteroatoms. The predicted molar refractivity (Wildman–Crippen MR) is 50.2 cm³/mol. The standard InChI is InChI=1S/C11H12O/c1-7-4-6-10(12)11-8(2)3-5-9(7)11/h3-4,6,12H,5H2,1-2H3. The van der Waals surface area contributed by atoms with Crippen LogP contribution in [0.25, 0.3) is 5.57 Å². The molecule has 0 aromatic heterocycles. The van der Waals surface area contributed by atoms with Crippen molar-refractivity contribution in [3.63, 3.8) is 0 Å². The van der Waals surface area contributed by atoms with Gasteiger partial charge in [0.25, 0.3) is 0 Å². The largest absolute Gasteiger partial charge is 0.507 e. The fourth-order valence-electron chi connectivity index (χ4n) is 1.80. The summed E-state index contributed by atoms with van der Waals surface area (Å²) < 4.78 is 0. The smallest absolute Gasteiger partial charge is 0.123 e. The van der Waals surface area contributed by atoms with Crippen molar-refractivity contribution in [1.29, 1.82) is 0 Å². The van der Waals surface area contributed by atoms with Gasteiger partial charge in [-0.25, -0.2) is 0 Å². The molecular weight excluding hydrogens is 148 g/mol. The van der Waals surface area contributed by atoms with Gasteiger partial charge in [0.1, 0.15) is 5.75 Å². The molecule has 1 aliphatic rings. The van der Waals surface area contributed by atoms with Crippen LogP contribution in [0.1, 0.15) is 23.6 Å². The number of rotatable bonds is 0.